The Hall–Kier alpha value is 0.0969. The first kappa shape index (κ1) is 37.1. The zero-order valence-corrected chi connectivity index (χ0v) is 28.1. The van der Waals surface area contributed by atoms with Crippen LogP contribution < -0.4 is 0 Å². The smallest absolute Gasteiger partial charge is 0.134 e. The molecule has 3 nitrogen and oxygen atoms in total. The number of unbranched alkanes of at least 4 members (excludes halogenated alkanes) is 20. The molecule has 0 saturated carbocycles. The summed E-state index contributed by atoms with van der Waals surface area (Å²) in [6, 6.07) is 1.36. The Bertz CT molecular complexity index is 427. The van der Waals surface area contributed by atoms with Crippen LogP contribution in [0.2, 0.25) is 6.04 Å². The van der Waals surface area contributed by atoms with Gasteiger partial charge in [-0.2, -0.15) is 0 Å². The third-order valence-electron chi connectivity index (χ3n) is 8.93. The van der Waals surface area contributed by atoms with Crippen LogP contribution in [0.25, 0.3) is 0 Å². The van der Waals surface area contributed by atoms with Crippen molar-refractivity contribution in [2.75, 3.05) is 40.4 Å². The fourth-order valence-corrected chi connectivity index (χ4v) is 7.38. The Morgan fingerprint density at radius 3 is 1.11 bits per heavy atom. The highest BCUT2D eigenvalue weighted by Gasteiger charge is 2.21. The lowest BCUT2D eigenvalue weighted by Crippen LogP contribution is -2.49. The standard InChI is InChI=1S/C33H72NO2Si/c1-6-9-10-11-12-13-14-15-16-17-18-19-20-21-24-27-30-34(7-2,8-3)31-28-25-22-23-26-29-32-37-33(35-4)36-5/h33H,6-32,37H2,1-5H3/q+1. The summed E-state index contributed by atoms with van der Waals surface area (Å²) in [5.74, 6) is 0.128. The number of ether oxygens (including phenoxy) is 2. The maximum Gasteiger partial charge on any atom is 0.134 e. The van der Waals surface area contributed by atoms with Crippen molar-refractivity contribution < 1.29 is 14.0 Å². The van der Waals surface area contributed by atoms with Gasteiger partial charge in [0, 0.05) is 14.2 Å². The average molecular weight is 543 g/mol. The summed E-state index contributed by atoms with van der Waals surface area (Å²) in [5.41, 5.74) is 0. The van der Waals surface area contributed by atoms with Crippen LogP contribution in [0.5, 0.6) is 0 Å². The van der Waals surface area contributed by atoms with E-state index in [1.807, 2.05) is 0 Å². The molecule has 0 unspecified atom stereocenters. The number of hydrogen-bond donors (Lipinski definition) is 0. The van der Waals surface area contributed by atoms with Crippen molar-refractivity contribution in [2.24, 2.45) is 0 Å². The van der Waals surface area contributed by atoms with Crippen LogP contribution in [0.1, 0.15) is 162 Å². The summed E-state index contributed by atoms with van der Waals surface area (Å²) in [5, 5.41) is 0. The Balaban J connectivity index is 3.58. The second-order valence-corrected chi connectivity index (χ2v) is 13.8. The lowest BCUT2D eigenvalue weighted by atomic mass is 10.0. The first-order valence-corrected chi connectivity index (χ1v) is 18.9. The predicted octanol–water partition coefficient (Wildman–Crippen LogP) is 9.61. The zero-order chi connectivity index (χ0) is 27.3. The van der Waals surface area contributed by atoms with Crippen LogP contribution >= 0.6 is 0 Å². The molecule has 0 aromatic rings. The molecule has 0 aliphatic carbocycles. The lowest BCUT2D eigenvalue weighted by molar-refractivity contribution is -0.925. The minimum absolute atomic E-state index is 0.128. The maximum atomic E-state index is 5.33. The Morgan fingerprint density at radius 2 is 0.784 bits per heavy atom. The number of methoxy groups -OCH3 is 2. The normalized spacial score (nSPS) is 12.5. The molecule has 0 aliphatic rings. The van der Waals surface area contributed by atoms with Crippen LogP contribution in [-0.4, -0.2) is 60.3 Å². The molecule has 0 saturated heterocycles. The molecule has 0 fully saturated rings. The summed E-state index contributed by atoms with van der Waals surface area (Å²) in [4.78, 5) is 0. The molecule has 0 rings (SSSR count). The van der Waals surface area contributed by atoms with E-state index in [0.29, 0.717) is 0 Å². The molecule has 0 aliphatic heterocycles. The molecule has 4 heteroatoms. The predicted molar refractivity (Wildman–Crippen MR) is 169 cm³/mol. The topological polar surface area (TPSA) is 18.5 Å². The van der Waals surface area contributed by atoms with Gasteiger partial charge in [-0.1, -0.05) is 129 Å². The molecule has 0 atom stereocenters. The van der Waals surface area contributed by atoms with Crippen molar-refractivity contribution in [1.82, 2.24) is 0 Å². The summed E-state index contributed by atoms with van der Waals surface area (Å²) in [7, 11) is 3.33. The minimum atomic E-state index is -0.216. The fraction of sp³-hybridized carbons (Fsp3) is 1.00. The molecule has 37 heavy (non-hydrogen) atoms. The lowest BCUT2D eigenvalue weighted by Gasteiger charge is -2.37. The van der Waals surface area contributed by atoms with Crippen molar-refractivity contribution in [2.45, 2.75) is 174 Å². The van der Waals surface area contributed by atoms with Crippen molar-refractivity contribution >= 4 is 9.52 Å². The highest BCUT2D eigenvalue weighted by molar-refractivity contribution is 6.36. The van der Waals surface area contributed by atoms with E-state index in [0.717, 1.165) is 0 Å². The van der Waals surface area contributed by atoms with E-state index in [2.05, 4.69) is 20.8 Å². The number of hydrogen-bond acceptors (Lipinski definition) is 2. The van der Waals surface area contributed by atoms with E-state index >= 15 is 0 Å². The maximum absolute atomic E-state index is 5.33. The third-order valence-corrected chi connectivity index (χ3v) is 11.0. The van der Waals surface area contributed by atoms with Gasteiger partial charge in [-0.05, 0) is 39.5 Å². The van der Waals surface area contributed by atoms with Gasteiger partial charge in [0.05, 0.1) is 35.7 Å². The summed E-state index contributed by atoms with van der Waals surface area (Å²) >= 11 is 0. The third kappa shape index (κ3) is 23.7. The van der Waals surface area contributed by atoms with Gasteiger partial charge in [-0.25, -0.2) is 0 Å². The Morgan fingerprint density at radius 1 is 0.459 bits per heavy atom. The van der Waals surface area contributed by atoms with Crippen molar-refractivity contribution in [3.63, 3.8) is 0 Å². The quantitative estimate of drug-likeness (QED) is 0.0376. The minimum Gasteiger partial charge on any atom is -0.360 e. The van der Waals surface area contributed by atoms with E-state index in [4.69, 9.17) is 9.47 Å². The fourth-order valence-electron chi connectivity index (χ4n) is 5.94. The number of quaternary nitrogens is 1. The van der Waals surface area contributed by atoms with Gasteiger partial charge in [-0.3, -0.25) is 0 Å². The molecule has 0 aromatic carbocycles. The molecular formula is C33H72NO2Si+. The van der Waals surface area contributed by atoms with Crippen molar-refractivity contribution in [3.05, 3.63) is 0 Å². The Labute approximate surface area is 237 Å². The molecule has 0 bridgehead atoms. The molecule has 0 spiro atoms. The van der Waals surface area contributed by atoms with Gasteiger partial charge in [0.25, 0.3) is 0 Å². The molecule has 0 N–H and O–H groups in total. The summed E-state index contributed by atoms with van der Waals surface area (Å²) in [6.07, 6.45) is 31.8. The molecule has 0 heterocycles. The van der Waals surface area contributed by atoms with Gasteiger partial charge in [0.2, 0.25) is 0 Å². The van der Waals surface area contributed by atoms with E-state index in [1.54, 1.807) is 14.2 Å². The van der Waals surface area contributed by atoms with Gasteiger partial charge in [0.15, 0.2) is 0 Å². The summed E-state index contributed by atoms with van der Waals surface area (Å²) < 4.78 is 12.0. The van der Waals surface area contributed by atoms with Crippen molar-refractivity contribution in [1.29, 1.82) is 0 Å². The van der Waals surface area contributed by atoms with E-state index < -0.39 is 0 Å². The van der Waals surface area contributed by atoms with Crippen LogP contribution in [0.15, 0.2) is 0 Å². The van der Waals surface area contributed by atoms with E-state index in [1.165, 1.54) is 178 Å². The van der Waals surface area contributed by atoms with Crippen molar-refractivity contribution in [3.8, 4) is 0 Å². The van der Waals surface area contributed by atoms with Crippen LogP contribution in [0, 0.1) is 0 Å². The SMILES string of the molecule is CCCCCCCCCCCCCCCCCC[N+](CC)(CC)CCCCCCCC[SiH2]C(OC)OC. The van der Waals surface area contributed by atoms with E-state index in [9.17, 15) is 0 Å². The van der Waals surface area contributed by atoms with Gasteiger partial charge < -0.3 is 14.0 Å². The molecular weight excluding hydrogens is 470 g/mol. The van der Waals surface area contributed by atoms with Gasteiger partial charge in [-0.15, -0.1) is 0 Å². The van der Waals surface area contributed by atoms with Crippen LogP contribution in [0.3, 0.4) is 0 Å². The second kappa shape index (κ2) is 29.1. The molecule has 0 amide bonds. The molecule has 0 aromatic heterocycles. The largest absolute Gasteiger partial charge is 0.360 e. The highest BCUT2D eigenvalue weighted by atomic mass is 28.2. The molecule has 224 valence electrons. The monoisotopic (exact) mass is 543 g/mol. The first-order valence-electron chi connectivity index (χ1n) is 17.1. The second-order valence-electron chi connectivity index (χ2n) is 11.9. The number of nitrogens with zero attached hydrogens (tertiary/aromatic N) is 1. The van der Waals surface area contributed by atoms with E-state index in [-0.39, 0.29) is 15.4 Å². The molecule has 0 radical (unpaired) electrons. The average Bonchev–Trinajstić information content (AvgIpc) is 2.93. The first-order chi connectivity index (χ1) is 18.2. The zero-order valence-electron chi connectivity index (χ0n) is 26.6. The van der Waals surface area contributed by atoms with Gasteiger partial charge in [0.1, 0.15) is 5.91 Å². The van der Waals surface area contributed by atoms with Crippen LogP contribution in [-0.2, 0) is 9.47 Å². The number of rotatable bonds is 31. The summed E-state index contributed by atoms with van der Waals surface area (Å²) in [6.45, 7) is 12.6. The highest BCUT2D eigenvalue weighted by Crippen LogP contribution is 2.17. The Kier molecular flexibility index (Phi) is 29.2. The van der Waals surface area contributed by atoms with Gasteiger partial charge >= 0.3 is 0 Å². The van der Waals surface area contributed by atoms with Crippen LogP contribution in [0.4, 0.5) is 0 Å².